The molecule has 120 valence electrons. The van der Waals surface area contributed by atoms with Gasteiger partial charge in [-0.25, -0.2) is 4.79 Å². The molecular formula is C20H22O3. The van der Waals surface area contributed by atoms with Crippen molar-refractivity contribution in [3.05, 3.63) is 53.6 Å². The van der Waals surface area contributed by atoms with Crippen LogP contribution in [-0.4, -0.2) is 11.3 Å². The van der Waals surface area contributed by atoms with E-state index >= 15 is 0 Å². The maximum Gasteiger partial charge on any atom is 0.511 e. The van der Waals surface area contributed by atoms with Crippen molar-refractivity contribution in [3.8, 4) is 16.9 Å². The van der Waals surface area contributed by atoms with Crippen molar-refractivity contribution in [1.29, 1.82) is 0 Å². The first-order valence-corrected chi connectivity index (χ1v) is 8.25. The summed E-state index contributed by atoms with van der Waals surface area (Å²) in [7, 11) is 0. The van der Waals surface area contributed by atoms with Crippen LogP contribution in [-0.2, 0) is 0 Å². The van der Waals surface area contributed by atoms with Crippen LogP contribution in [0.4, 0.5) is 4.79 Å². The van der Waals surface area contributed by atoms with Crippen LogP contribution in [0.2, 0.25) is 0 Å². The number of hydrogen-bond acceptors (Lipinski definition) is 2. The highest BCUT2D eigenvalue weighted by atomic mass is 16.7. The van der Waals surface area contributed by atoms with Gasteiger partial charge in [0.25, 0.3) is 0 Å². The number of hydrogen-bond donors (Lipinski definition) is 1. The van der Waals surface area contributed by atoms with Crippen LogP contribution in [0.25, 0.3) is 11.1 Å². The van der Waals surface area contributed by atoms with Crippen molar-refractivity contribution in [1.82, 2.24) is 0 Å². The zero-order valence-electron chi connectivity index (χ0n) is 13.4. The third-order valence-electron chi connectivity index (χ3n) is 4.61. The quantitative estimate of drug-likeness (QED) is 0.578. The van der Waals surface area contributed by atoms with Gasteiger partial charge in [-0.2, -0.15) is 0 Å². The third kappa shape index (κ3) is 3.73. The Kier molecular flexibility index (Phi) is 4.65. The van der Waals surface area contributed by atoms with Crippen LogP contribution in [0.5, 0.6) is 5.75 Å². The van der Waals surface area contributed by atoms with Crippen LogP contribution >= 0.6 is 0 Å². The second-order valence-corrected chi connectivity index (χ2v) is 6.33. The number of rotatable bonds is 3. The minimum atomic E-state index is -1.28. The van der Waals surface area contributed by atoms with Gasteiger partial charge in [0.15, 0.2) is 0 Å². The molecular weight excluding hydrogens is 288 g/mol. The lowest BCUT2D eigenvalue weighted by Gasteiger charge is -2.22. The molecule has 2 aromatic carbocycles. The average Bonchev–Trinajstić information content (AvgIpc) is 2.57. The molecule has 0 unspecified atom stereocenters. The fraction of sp³-hybridized carbons (Fsp3) is 0.350. The van der Waals surface area contributed by atoms with Crippen molar-refractivity contribution in [3.63, 3.8) is 0 Å². The van der Waals surface area contributed by atoms with E-state index in [4.69, 9.17) is 9.84 Å². The van der Waals surface area contributed by atoms with Crippen LogP contribution in [0.3, 0.4) is 0 Å². The maximum absolute atomic E-state index is 10.9. The Bertz CT molecular complexity index is 700. The Morgan fingerprint density at radius 2 is 1.87 bits per heavy atom. The minimum absolute atomic E-state index is 0.392. The maximum atomic E-state index is 10.9. The Morgan fingerprint density at radius 1 is 1.09 bits per heavy atom. The summed E-state index contributed by atoms with van der Waals surface area (Å²) in [6.07, 6.45) is 5.15. The molecule has 0 spiro atoms. The second kappa shape index (κ2) is 6.86. The lowest BCUT2D eigenvalue weighted by atomic mass is 9.83. The number of aryl methyl sites for hydroxylation is 1. The van der Waals surface area contributed by atoms with E-state index in [-0.39, 0.29) is 0 Å². The van der Waals surface area contributed by atoms with Gasteiger partial charge in [-0.15, -0.1) is 0 Å². The van der Waals surface area contributed by atoms with Crippen LogP contribution < -0.4 is 4.74 Å². The molecule has 1 N–H and O–H groups in total. The van der Waals surface area contributed by atoms with E-state index in [0.29, 0.717) is 11.7 Å². The Hall–Kier alpha value is -2.29. The molecule has 0 saturated heterocycles. The van der Waals surface area contributed by atoms with Gasteiger partial charge in [-0.1, -0.05) is 55.2 Å². The van der Waals surface area contributed by atoms with Crippen molar-refractivity contribution < 1.29 is 14.6 Å². The second-order valence-electron chi connectivity index (χ2n) is 6.33. The zero-order valence-corrected chi connectivity index (χ0v) is 13.4. The molecule has 1 fully saturated rings. The number of benzene rings is 2. The molecule has 1 saturated carbocycles. The first-order valence-electron chi connectivity index (χ1n) is 8.25. The summed E-state index contributed by atoms with van der Waals surface area (Å²) >= 11 is 0. The van der Waals surface area contributed by atoms with Crippen molar-refractivity contribution in [2.75, 3.05) is 0 Å². The highest BCUT2D eigenvalue weighted by Crippen LogP contribution is 2.36. The summed E-state index contributed by atoms with van der Waals surface area (Å²) in [6.45, 7) is 2.00. The average molecular weight is 310 g/mol. The summed E-state index contributed by atoms with van der Waals surface area (Å²) in [5.41, 5.74) is 4.30. The largest absolute Gasteiger partial charge is 0.511 e. The van der Waals surface area contributed by atoms with Gasteiger partial charge in [0.1, 0.15) is 5.75 Å². The molecule has 0 aromatic heterocycles. The molecule has 0 heterocycles. The van der Waals surface area contributed by atoms with E-state index < -0.39 is 6.16 Å². The summed E-state index contributed by atoms with van der Waals surface area (Å²) in [5, 5.41) is 8.94. The van der Waals surface area contributed by atoms with E-state index in [1.807, 2.05) is 25.1 Å². The van der Waals surface area contributed by atoms with Gasteiger partial charge < -0.3 is 9.84 Å². The standard InChI is InChI=1S/C20H22O3/c1-14-10-11-19(23-20(21)22)18(12-14)17-9-5-8-16(13-17)15-6-3-2-4-7-15/h5,8-13,15H,2-4,6-7H2,1H3,(H,21,22). The van der Waals surface area contributed by atoms with Gasteiger partial charge >= 0.3 is 6.16 Å². The first-order chi connectivity index (χ1) is 11.1. The predicted octanol–water partition coefficient (Wildman–Crippen LogP) is 5.77. The molecule has 1 aliphatic carbocycles. The Morgan fingerprint density at radius 3 is 2.61 bits per heavy atom. The molecule has 0 aliphatic heterocycles. The molecule has 2 aromatic rings. The van der Waals surface area contributed by atoms with Crippen LogP contribution in [0, 0.1) is 6.92 Å². The van der Waals surface area contributed by atoms with Crippen LogP contribution in [0.15, 0.2) is 42.5 Å². The number of ether oxygens (including phenoxy) is 1. The molecule has 3 nitrogen and oxygen atoms in total. The lowest BCUT2D eigenvalue weighted by molar-refractivity contribution is 0.144. The molecule has 3 heteroatoms. The molecule has 0 bridgehead atoms. The molecule has 3 rings (SSSR count). The number of carboxylic acid groups (broad SMARTS) is 1. The van der Waals surface area contributed by atoms with E-state index in [1.54, 1.807) is 6.07 Å². The highest BCUT2D eigenvalue weighted by molar-refractivity contribution is 5.75. The zero-order chi connectivity index (χ0) is 16.2. The highest BCUT2D eigenvalue weighted by Gasteiger charge is 2.17. The normalized spacial score (nSPS) is 15.3. The predicted molar refractivity (Wildman–Crippen MR) is 91.1 cm³/mol. The van der Waals surface area contributed by atoms with E-state index in [9.17, 15) is 4.79 Å². The number of carbonyl (C=O) groups is 1. The van der Waals surface area contributed by atoms with E-state index in [1.165, 1.54) is 37.7 Å². The molecule has 1 aliphatic rings. The first kappa shape index (κ1) is 15.6. The van der Waals surface area contributed by atoms with Gasteiger partial charge in [0.05, 0.1) is 0 Å². The smallest absolute Gasteiger partial charge is 0.449 e. The van der Waals surface area contributed by atoms with E-state index in [0.717, 1.165) is 16.7 Å². The Labute approximate surface area is 136 Å². The van der Waals surface area contributed by atoms with Crippen molar-refractivity contribution in [2.24, 2.45) is 0 Å². The monoisotopic (exact) mass is 310 g/mol. The SMILES string of the molecule is Cc1ccc(OC(=O)O)c(-c2cccc(C3CCCCC3)c2)c1. The third-order valence-corrected chi connectivity index (χ3v) is 4.61. The fourth-order valence-corrected chi connectivity index (χ4v) is 3.45. The topological polar surface area (TPSA) is 46.5 Å². The molecule has 0 radical (unpaired) electrons. The summed E-state index contributed by atoms with van der Waals surface area (Å²) in [5.74, 6) is 1.02. The van der Waals surface area contributed by atoms with Crippen LogP contribution in [0.1, 0.15) is 49.1 Å². The molecule has 0 atom stereocenters. The van der Waals surface area contributed by atoms with Gasteiger partial charge in [-0.05, 0) is 48.9 Å². The van der Waals surface area contributed by atoms with Gasteiger partial charge in [-0.3, -0.25) is 0 Å². The summed E-state index contributed by atoms with van der Waals surface area (Å²) in [4.78, 5) is 10.9. The van der Waals surface area contributed by atoms with Crippen molar-refractivity contribution in [2.45, 2.75) is 44.9 Å². The molecule has 23 heavy (non-hydrogen) atoms. The summed E-state index contributed by atoms with van der Waals surface area (Å²) in [6, 6.07) is 14.0. The minimum Gasteiger partial charge on any atom is -0.449 e. The summed E-state index contributed by atoms with van der Waals surface area (Å²) < 4.78 is 4.96. The van der Waals surface area contributed by atoms with Gasteiger partial charge in [0.2, 0.25) is 0 Å². The van der Waals surface area contributed by atoms with E-state index in [2.05, 4.69) is 18.2 Å². The molecule has 0 amide bonds. The Balaban J connectivity index is 1.97. The van der Waals surface area contributed by atoms with Gasteiger partial charge in [0, 0.05) is 5.56 Å². The fourth-order valence-electron chi connectivity index (χ4n) is 3.45. The lowest BCUT2D eigenvalue weighted by Crippen LogP contribution is -2.05. The van der Waals surface area contributed by atoms with Crippen molar-refractivity contribution >= 4 is 6.16 Å².